The number of aliphatic hydroxyl groups excluding tert-OH is 2. The van der Waals surface area contributed by atoms with E-state index >= 15 is 0 Å². The topological polar surface area (TPSA) is 73.8 Å². The second-order valence-electron chi connectivity index (χ2n) is 14.5. The lowest BCUT2D eigenvalue weighted by molar-refractivity contribution is -0.134. The molecule has 200 valence electrons. The van der Waals surface area contributed by atoms with Crippen molar-refractivity contribution >= 4 is 0 Å². The monoisotopic (exact) mass is 488 g/mol. The van der Waals surface area contributed by atoms with Gasteiger partial charge in [-0.15, -0.1) is 0 Å². The molecule has 4 aliphatic carbocycles. The Hall–Kier alpha value is -0.200. The van der Waals surface area contributed by atoms with E-state index in [-0.39, 0.29) is 12.3 Å². The summed E-state index contributed by atoms with van der Waals surface area (Å²) in [5, 5.41) is 26.4. The maximum atomic E-state index is 9.79. The Morgan fingerprint density at radius 2 is 1.77 bits per heavy atom. The van der Waals surface area contributed by atoms with Crippen molar-refractivity contribution in [2.45, 2.75) is 116 Å². The first-order valence-corrected chi connectivity index (χ1v) is 15.2. The molecule has 6 aliphatic rings. The van der Waals surface area contributed by atoms with E-state index in [9.17, 15) is 10.2 Å². The second-order valence-corrected chi connectivity index (χ2v) is 14.5. The Bertz CT molecular complexity index is 784. The van der Waals surface area contributed by atoms with Gasteiger partial charge in [-0.1, -0.05) is 27.7 Å². The third-order valence-electron chi connectivity index (χ3n) is 13.0. The molecule has 2 aliphatic heterocycles. The van der Waals surface area contributed by atoms with E-state index in [0.29, 0.717) is 35.4 Å². The number of aliphatic hydroxyl groups is 2. The highest BCUT2D eigenvalue weighted by molar-refractivity contribution is 5.16. The summed E-state index contributed by atoms with van der Waals surface area (Å²) in [5.41, 5.74) is 0.873. The molecule has 5 heteroatoms. The molecule has 0 radical (unpaired) electrons. The molecular weight excluding hydrogens is 436 g/mol. The van der Waals surface area contributed by atoms with Crippen molar-refractivity contribution in [2.75, 3.05) is 19.7 Å². The van der Waals surface area contributed by atoms with Crippen LogP contribution in [0.1, 0.15) is 91.9 Å². The van der Waals surface area contributed by atoms with E-state index in [1.54, 1.807) is 0 Å². The van der Waals surface area contributed by atoms with Gasteiger partial charge in [-0.05, 0) is 111 Å². The highest BCUT2D eigenvalue weighted by Crippen LogP contribution is 2.71. The van der Waals surface area contributed by atoms with Gasteiger partial charge in [0, 0.05) is 25.0 Å². The van der Waals surface area contributed by atoms with Crippen molar-refractivity contribution < 1.29 is 14.9 Å². The fraction of sp³-hybridized carbons (Fsp3) is 1.00. The lowest BCUT2D eigenvalue weighted by Crippen LogP contribution is -2.58. The van der Waals surface area contributed by atoms with Crippen LogP contribution in [0.25, 0.3) is 0 Å². The van der Waals surface area contributed by atoms with Crippen molar-refractivity contribution in [1.29, 1.82) is 0 Å². The van der Waals surface area contributed by atoms with Crippen LogP contribution in [0.4, 0.5) is 0 Å². The molecule has 0 aromatic carbocycles. The van der Waals surface area contributed by atoms with Crippen LogP contribution in [0.5, 0.6) is 0 Å². The molecule has 6 rings (SSSR count). The smallest absolute Gasteiger partial charge is 0.122 e. The SMILES string of the molecule is C[C@H]1CC[C@]2(NC1)O[C@H]1C[C@H]3[C@@H]4CC[C@H]5CC(NC[C@@H](O)CO)CC[C@]5(C)[C@H]4CC[C@]3(C)[C@H]1[C@@H]2C. The zero-order valence-corrected chi connectivity index (χ0v) is 22.8. The number of piperidine rings is 1. The van der Waals surface area contributed by atoms with E-state index in [2.05, 4.69) is 38.3 Å². The molecule has 4 saturated carbocycles. The van der Waals surface area contributed by atoms with Crippen LogP contribution in [0.2, 0.25) is 0 Å². The summed E-state index contributed by atoms with van der Waals surface area (Å²) in [6, 6.07) is 0.502. The maximum Gasteiger partial charge on any atom is 0.122 e. The van der Waals surface area contributed by atoms with Crippen molar-refractivity contribution in [3.8, 4) is 0 Å². The number of ether oxygens (including phenoxy) is 1. The van der Waals surface area contributed by atoms with Crippen LogP contribution in [-0.4, -0.2) is 53.9 Å². The minimum absolute atomic E-state index is 0.0503. The summed E-state index contributed by atoms with van der Waals surface area (Å²) >= 11 is 0. The average Bonchev–Trinajstić information content (AvgIpc) is 3.29. The molecule has 0 bridgehead atoms. The quantitative estimate of drug-likeness (QED) is 0.474. The summed E-state index contributed by atoms with van der Waals surface area (Å²) in [6.07, 6.45) is 13.0. The van der Waals surface area contributed by atoms with E-state index in [0.717, 1.165) is 42.1 Å². The third kappa shape index (κ3) is 3.80. The van der Waals surface area contributed by atoms with Gasteiger partial charge in [0.15, 0.2) is 0 Å². The summed E-state index contributed by atoms with van der Waals surface area (Å²) in [4.78, 5) is 0. The molecule has 0 aromatic rings. The fourth-order valence-electron chi connectivity index (χ4n) is 11.0. The molecule has 5 nitrogen and oxygen atoms in total. The minimum atomic E-state index is -0.632. The molecule has 0 amide bonds. The van der Waals surface area contributed by atoms with Crippen LogP contribution < -0.4 is 10.6 Å². The standard InChI is InChI=1S/C30H52N2O3/c1-18-7-12-30(32-15-18)19(2)27-26(35-30)14-25-23-6-5-20-13-21(31-16-22(34)17-33)8-10-28(20,3)24(23)9-11-29(25,27)4/h18-27,31-34H,5-17H2,1-4H3/t18-,19-,20-,21?,22+,23+,24-,25-,26-,27-,28-,29-,30-/m0/s1. The highest BCUT2D eigenvalue weighted by atomic mass is 16.5. The molecule has 1 unspecified atom stereocenters. The van der Waals surface area contributed by atoms with Crippen molar-refractivity contribution in [2.24, 2.45) is 52.3 Å². The van der Waals surface area contributed by atoms with Crippen LogP contribution in [0, 0.1) is 52.3 Å². The normalized spacial score (nSPS) is 56.2. The lowest BCUT2D eigenvalue weighted by Gasteiger charge is -2.61. The van der Waals surface area contributed by atoms with E-state index in [4.69, 9.17) is 4.74 Å². The Kier molecular flexibility index (Phi) is 6.41. The zero-order valence-electron chi connectivity index (χ0n) is 22.8. The van der Waals surface area contributed by atoms with Crippen molar-refractivity contribution in [3.63, 3.8) is 0 Å². The van der Waals surface area contributed by atoms with Gasteiger partial charge in [0.25, 0.3) is 0 Å². The van der Waals surface area contributed by atoms with E-state index in [1.807, 2.05) is 0 Å². The number of hydrogen-bond donors (Lipinski definition) is 4. The first-order chi connectivity index (χ1) is 16.7. The number of rotatable bonds is 4. The Morgan fingerprint density at radius 3 is 2.51 bits per heavy atom. The minimum Gasteiger partial charge on any atom is -0.394 e. The molecule has 4 N–H and O–H groups in total. The first-order valence-electron chi connectivity index (χ1n) is 15.2. The van der Waals surface area contributed by atoms with Gasteiger partial charge >= 0.3 is 0 Å². The Morgan fingerprint density at radius 1 is 0.971 bits per heavy atom. The van der Waals surface area contributed by atoms with Gasteiger partial charge in [0.2, 0.25) is 0 Å². The Labute approximate surface area is 213 Å². The summed E-state index contributed by atoms with van der Waals surface area (Å²) in [6.45, 7) is 11.7. The van der Waals surface area contributed by atoms with Crippen LogP contribution in [0.15, 0.2) is 0 Å². The number of hydrogen-bond acceptors (Lipinski definition) is 5. The van der Waals surface area contributed by atoms with Gasteiger partial charge in [0.05, 0.1) is 18.8 Å². The van der Waals surface area contributed by atoms with Gasteiger partial charge in [0.1, 0.15) is 5.72 Å². The molecule has 13 atom stereocenters. The largest absolute Gasteiger partial charge is 0.394 e. The van der Waals surface area contributed by atoms with Gasteiger partial charge in [-0.3, -0.25) is 5.32 Å². The molecule has 1 spiro atoms. The van der Waals surface area contributed by atoms with Gasteiger partial charge in [-0.2, -0.15) is 0 Å². The predicted molar refractivity (Wildman–Crippen MR) is 139 cm³/mol. The van der Waals surface area contributed by atoms with E-state index < -0.39 is 6.10 Å². The summed E-state index contributed by atoms with van der Waals surface area (Å²) in [7, 11) is 0. The maximum absolute atomic E-state index is 9.79. The predicted octanol–water partition coefficient (Wildman–Crippen LogP) is 4.32. The van der Waals surface area contributed by atoms with Crippen molar-refractivity contribution in [3.05, 3.63) is 0 Å². The van der Waals surface area contributed by atoms with Crippen LogP contribution >= 0.6 is 0 Å². The summed E-state index contributed by atoms with van der Waals surface area (Å²) < 4.78 is 7.05. The molecular formula is C30H52N2O3. The fourth-order valence-corrected chi connectivity index (χ4v) is 11.0. The van der Waals surface area contributed by atoms with E-state index in [1.165, 1.54) is 64.2 Å². The molecule has 2 heterocycles. The summed E-state index contributed by atoms with van der Waals surface area (Å²) in [5.74, 6) is 5.52. The van der Waals surface area contributed by atoms with Gasteiger partial charge < -0.3 is 20.3 Å². The third-order valence-corrected chi connectivity index (χ3v) is 13.0. The van der Waals surface area contributed by atoms with Gasteiger partial charge in [-0.25, -0.2) is 0 Å². The second kappa shape index (κ2) is 8.93. The molecule has 35 heavy (non-hydrogen) atoms. The number of nitrogens with one attached hydrogen (secondary N) is 2. The average molecular weight is 489 g/mol. The molecule has 0 aromatic heterocycles. The highest BCUT2D eigenvalue weighted by Gasteiger charge is 2.68. The molecule has 6 fully saturated rings. The van der Waals surface area contributed by atoms with Crippen LogP contribution in [0.3, 0.4) is 0 Å². The lowest BCUT2D eigenvalue weighted by atomic mass is 9.44. The van der Waals surface area contributed by atoms with Crippen LogP contribution in [-0.2, 0) is 4.74 Å². The number of fused-ring (bicyclic) bond motifs is 7. The first kappa shape index (κ1) is 25.1. The zero-order chi connectivity index (χ0) is 24.6. The Balaban J connectivity index is 1.16. The molecule has 2 saturated heterocycles. The van der Waals surface area contributed by atoms with Crippen molar-refractivity contribution in [1.82, 2.24) is 10.6 Å².